The Hall–Kier alpha value is -1.64. The van der Waals surface area contributed by atoms with Gasteiger partial charge in [-0.15, -0.1) is 0 Å². The Balaban J connectivity index is 2.86. The van der Waals surface area contributed by atoms with Gasteiger partial charge in [0.05, 0.1) is 5.52 Å². The minimum Gasteiger partial charge on any atom is -0.384 e. The van der Waals surface area contributed by atoms with Crippen molar-refractivity contribution in [2.24, 2.45) is 0 Å². The van der Waals surface area contributed by atoms with E-state index in [2.05, 4.69) is 4.98 Å². The average Bonchev–Trinajstić information content (AvgIpc) is 2.02. The number of fused-ring (bicyclic) bond motifs is 1. The van der Waals surface area contributed by atoms with E-state index in [0.717, 1.165) is 10.9 Å². The van der Waals surface area contributed by atoms with Gasteiger partial charge in [-0.25, -0.2) is 9.37 Å². The molecule has 1 aromatic carbocycles. The zero-order valence-electron chi connectivity index (χ0n) is 7.21. The molecular weight excluding hydrogens is 167 g/mol. The molecule has 1 heterocycles. The summed E-state index contributed by atoms with van der Waals surface area (Å²) in [6.07, 6.45) is 0. The van der Waals surface area contributed by atoms with Crippen LogP contribution in [0.1, 0.15) is 5.56 Å². The third kappa shape index (κ3) is 1.33. The molecule has 13 heavy (non-hydrogen) atoms. The van der Waals surface area contributed by atoms with E-state index < -0.39 is 0 Å². The molecule has 0 bridgehead atoms. The van der Waals surface area contributed by atoms with Crippen molar-refractivity contribution in [1.29, 1.82) is 0 Å². The zero-order valence-corrected chi connectivity index (χ0v) is 7.21. The highest BCUT2D eigenvalue weighted by Gasteiger charge is 2.01. The van der Waals surface area contributed by atoms with E-state index in [1.54, 1.807) is 12.1 Å². The number of hydrogen-bond acceptors (Lipinski definition) is 2. The first kappa shape index (κ1) is 7.98. The van der Waals surface area contributed by atoms with Gasteiger partial charge in [0.2, 0.25) is 0 Å². The summed E-state index contributed by atoms with van der Waals surface area (Å²) in [5.41, 5.74) is 7.17. The fourth-order valence-corrected chi connectivity index (χ4v) is 1.40. The molecule has 0 spiro atoms. The van der Waals surface area contributed by atoms with Crippen LogP contribution in [0, 0.1) is 12.7 Å². The number of nitrogen functional groups attached to an aromatic ring is 1. The second-order valence-electron chi connectivity index (χ2n) is 3.03. The normalized spacial score (nSPS) is 10.6. The first-order chi connectivity index (χ1) is 6.16. The topological polar surface area (TPSA) is 38.9 Å². The summed E-state index contributed by atoms with van der Waals surface area (Å²) in [6, 6.07) is 6.30. The van der Waals surface area contributed by atoms with E-state index in [4.69, 9.17) is 5.73 Å². The van der Waals surface area contributed by atoms with Crippen LogP contribution in [0.2, 0.25) is 0 Å². The molecule has 0 saturated carbocycles. The number of anilines is 1. The molecule has 0 saturated heterocycles. The van der Waals surface area contributed by atoms with Crippen molar-refractivity contribution >= 4 is 16.7 Å². The Morgan fingerprint density at radius 3 is 2.85 bits per heavy atom. The van der Waals surface area contributed by atoms with Crippen LogP contribution < -0.4 is 5.73 Å². The van der Waals surface area contributed by atoms with Crippen LogP contribution >= 0.6 is 0 Å². The number of pyridine rings is 1. The van der Waals surface area contributed by atoms with E-state index >= 15 is 0 Å². The van der Waals surface area contributed by atoms with Crippen LogP contribution in [0.15, 0.2) is 24.3 Å². The molecular formula is C10H9FN2. The van der Waals surface area contributed by atoms with Gasteiger partial charge >= 0.3 is 0 Å². The molecule has 0 aliphatic rings. The lowest BCUT2D eigenvalue weighted by Crippen LogP contribution is -1.92. The Morgan fingerprint density at radius 1 is 1.31 bits per heavy atom. The van der Waals surface area contributed by atoms with Gasteiger partial charge in [-0.3, -0.25) is 0 Å². The quantitative estimate of drug-likeness (QED) is 0.668. The van der Waals surface area contributed by atoms with Crippen LogP contribution in [0.3, 0.4) is 0 Å². The van der Waals surface area contributed by atoms with Crippen molar-refractivity contribution < 1.29 is 4.39 Å². The van der Waals surface area contributed by atoms with Gasteiger partial charge in [-0.2, -0.15) is 0 Å². The van der Waals surface area contributed by atoms with E-state index in [-0.39, 0.29) is 5.82 Å². The predicted octanol–water partition coefficient (Wildman–Crippen LogP) is 2.26. The third-order valence-corrected chi connectivity index (χ3v) is 2.00. The molecule has 0 radical (unpaired) electrons. The highest BCUT2D eigenvalue weighted by Crippen LogP contribution is 2.19. The molecule has 1 aromatic heterocycles. The largest absolute Gasteiger partial charge is 0.384 e. The Morgan fingerprint density at radius 2 is 2.08 bits per heavy atom. The number of nitrogens with two attached hydrogens (primary N) is 1. The maximum atomic E-state index is 12.8. The lowest BCUT2D eigenvalue weighted by Gasteiger charge is -2.02. The highest BCUT2D eigenvalue weighted by molar-refractivity contribution is 5.83. The van der Waals surface area contributed by atoms with E-state index in [1.165, 1.54) is 12.1 Å². The third-order valence-electron chi connectivity index (χ3n) is 2.00. The number of hydrogen-bond donors (Lipinski definition) is 1. The van der Waals surface area contributed by atoms with Crippen molar-refractivity contribution in [3.05, 3.63) is 35.6 Å². The van der Waals surface area contributed by atoms with Gasteiger partial charge in [-0.1, -0.05) is 0 Å². The van der Waals surface area contributed by atoms with Crippen LogP contribution in [-0.4, -0.2) is 4.98 Å². The number of aromatic nitrogens is 1. The minimum atomic E-state index is -0.287. The molecule has 3 heteroatoms. The van der Waals surface area contributed by atoms with E-state index in [0.29, 0.717) is 11.3 Å². The smallest absolute Gasteiger partial charge is 0.125 e. The summed E-state index contributed by atoms with van der Waals surface area (Å²) in [5.74, 6) is 0.139. The molecule has 0 unspecified atom stereocenters. The summed E-state index contributed by atoms with van der Waals surface area (Å²) < 4.78 is 12.8. The Labute approximate surface area is 75.2 Å². The molecule has 66 valence electrons. The first-order valence-corrected chi connectivity index (χ1v) is 3.99. The molecule has 0 aliphatic carbocycles. The molecule has 2 nitrogen and oxygen atoms in total. The average molecular weight is 176 g/mol. The van der Waals surface area contributed by atoms with Crippen molar-refractivity contribution in [3.63, 3.8) is 0 Å². The number of benzene rings is 1. The summed E-state index contributed by atoms with van der Waals surface area (Å²) in [4.78, 5) is 4.04. The fourth-order valence-electron chi connectivity index (χ4n) is 1.40. The summed E-state index contributed by atoms with van der Waals surface area (Å²) in [6.45, 7) is 1.93. The van der Waals surface area contributed by atoms with Gasteiger partial charge in [0.1, 0.15) is 11.6 Å². The van der Waals surface area contributed by atoms with Gasteiger partial charge < -0.3 is 5.73 Å². The lowest BCUT2D eigenvalue weighted by atomic mass is 10.1. The summed E-state index contributed by atoms with van der Waals surface area (Å²) in [5, 5.41) is 0.940. The highest BCUT2D eigenvalue weighted by atomic mass is 19.1. The van der Waals surface area contributed by atoms with E-state index in [9.17, 15) is 4.39 Å². The molecule has 0 aliphatic heterocycles. The fraction of sp³-hybridized carbons (Fsp3) is 0.100. The number of rotatable bonds is 0. The second kappa shape index (κ2) is 2.69. The monoisotopic (exact) mass is 176 g/mol. The van der Waals surface area contributed by atoms with Crippen LogP contribution in [-0.2, 0) is 0 Å². The van der Waals surface area contributed by atoms with Crippen molar-refractivity contribution in [1.82, 2.24) is 4.98 Å². The summed E-state index contributed by atoms with van der Waals surface area (Å²) in [7, 11) is 0. The van der Waals surface area contributed by atoms with Crippen LogP contribution in [0.25, 0.3) is 10.9 Å². The van der Waals surface area contributed by atoms with Gasteiger partial charge in [0.25, 0.3) is 0 Å². The first-order valence-electron chi connectivity index (χ1n) is 3.99. The molecule has 2 N–H and O–H groups in total. The molecule has 0 amide bonds. The van der Waals surface area contributed by atoms with E-state index in [1.807, 2.05) is 6.92 Å². The lowest BCUT2D eigenvalue weighted by molar-refractivity contribution is 0.629. The zero-order chi connectivity index (χ0) is 9.42. The second-order valence-corrected chi connectivity index (χ2v) is 3.03. The van der Waals surface area contributed by atoms with Crippen molar-refractivity contribution in [3.8, 4) is 0 Å². The van der Waals surface area contributed by atoms with Gasteiger partial charge in [0, 0.05) is 11.5 Å². The molecule has 0 atom stereocenters. The Kier molecular flexibility index (Phi) is 1.65. The van der Waals surface area contributed by atoms with Gasteiger partial charge in [0.15, 0.2) is 0 Å². The predicted molar refractivity (Wildman–Crippen MR) is 50.9 cm³/mol. The number of nitrogens with zero attached hydrogens (tertiary/aromatic N) is 1. The summed E-state index contributed by atoms with van der Waals surface area (Å²) >= 11 is 0. The molecule has 2 rings (SSSR count). The molecule has 2 aromatic rings. The Bertz CT molecular complexity index is 460. The van der Waals surface area contributed by atoms with Crippen molar-refractivity contribution in [2.45, 2.75) is 6.92 Å². The van der Waals surface area contributed by atoms with Crippen LogP contribution in [0.4, 0.5) is 10.2 Å². The number of halogens is 1. The van der Waals surface area contributed by atoms with Crippen LogP contribution in [0.5, 0.6) is 0 Å². The molecule has 0 fully saturated rings. The maximum Gasteiger partial charge on any atom is 0.125 e. The van der Waals surface area contributed by atoms with Gasteiger partial charge in [-0.05, 0) is 30.7 Å². The standard InChI is InChI=1S/C10H9FN2/c1-6-4-10(12)13-9-5-7(11)2-3-8(6)9/h2-5H,1H3,(H2,12,13). The minimum absolute atomic E-state index is 0.287. The SMILES string of the molecule is Cc1cc(N)nc2cc(F)ccc12. The number of aryl methyl sites for hydroxylation is 1. The van der Waals surface area contributed by atoms with Crippen molar-refractivity contribution in [2.75, 3.05) is 5.73 Å². The maximum absolute atomic E-state index is 12.8.